The summed E-state index contributed by atoms with van der Waals surface area (Å²) < 4.78 is 7.43. The smallest absolute Gasteiger partial charge is 0.119 e. The van der Waals surface area contributed by atoms with E-state index in [4.69, 9.17) is 4.74 Å². The van der Waals surface area contributed by atoms with Gasteiger partial charge < -0.3 is 9.30 Å². The molecular formula is C23H22N2O. The summed E-state index contributed by atoms with van der Waals surface area (Å²) in [6, 6.07) is 20.5. The molecule has 0 fully saturated rings. The predicted octanol–water partition coefficient (Wildman–Crippen LogP) is 5.48. The Balaban J connectivity index is 2.03. The van der Waals surface area contributed by atoms with Crippen LogP contribution in [0.5, 0.6) is 5.75 Å². The van der Waals surface area contributed by atoms with Crippen LogP contribution in [-0.2, 0) is 0 Å². The molecule has 0 aliphatic rings. The summed E-state index contributed by atoms with van der Waals surface area (Å²) in [7, 11) is 1.67. The van der Waals surface area contributed by atoms with E-state index in [9.17, 15) is 5.26 Å². The van der Waals surface area contributed by atoms with E-state index in [1.807, 2.05) is 61.5 Å². The molecule has 0 N–H and O–H groups in total. The Morgan fingerprint density at radius 2 is 1.65 bits per heavy atom. The van der Waals surface area contributed by atoms with Crippen LogP contribution < -0.4 is 4.74 Å². The van der Waals surface area contributed by atoms with Crippen LogP contribution in [0.15, 0.2) is 54.6 Å². The molecular weight excluding hydrogens is 320 g/mol. The van der Waals surface area contributed by atoms with Gasteiger partial charge >= 0.3 is 0 Å². The molecule has 3 nitrogen and oxygen atoms in total. The van der Waals surface area contributed by atoms with Crippen molar-refractivity contribution in [2.45, 2.75) is 20.8 Å². The number of benzene rings is 2. The van der Waals surface area contributed by atoms with Gasteiger partial charge in [-0.25, -0.2) is 0 Å². The van der Waals surface area contributed by atoms with E-state index in [1.165, 1.54) is 5.56 Å². The zero-order valence-electron chi connectivity index (χ0n) is 15.6. The SMILES string of the molecule is COc1ccc(-n2c(C)cc(/C=C(/C#N)c3ccc(C)cc3)c2C)cc1. The molecule has 0 aliphatic carbocycles. The zero-order valence-corrected chi connectivity index (χ0v) is 15.6. The first-order valence-corrected chi connectivity index (χ1v) is 8.55. The summed E-state index contributed by atoms with van der Waals surface area (Å²) >= 11 is 0. The largest absolute Gasteiger partial charge is 0.497 e. The van der Waals surface area contributed by atoms with Crippen molar-refractivity contribution in [1.29, 1.82) is 5.26 Å². The lowest BCUT2D eigenvalue weighted by molar-refractivity contribution is 0.414. The van der Waals surface area contributed by atoms with E-state index in [1.54, 1.807) is 7.11 Å². The molecule has 0 saturated heterocycles. The maximum Gasteiger partial charge on any atom is 0.119 e. The van der Waals surface area contributed by atoms with Crippen molar-refractivity contribution in [2.75, 3.05) is 7.11 Å². The zero-order chi connectivity index (χ0) is 18.7. The maximum atomic E-state index is 9.61. The van der Waals surface area contributed by atoms with Gasteiger partial charge in [0.05, 0.1) is 18.8 Å². The molecule has 2 aromatic carbocycles. The number of aromatic nitrogens is 1. The van der Waals surface area contributed by atoms with Gasteiger partial charge in [-0.05, 0) is 68.3 Å². The van der Waals surface area contributed by atoms with E-state index in [-0.39, 0.29) is 0 Å². The molecule has 1 aromatic heterocycles. The van der Waals surface area contributed by atoms with Crippen molar-refractivity contribution in [1.82, 2.24) is 4.57 Å². The van der Waals surface area contributed by atoms with Crippen LogP contribution in [-0.4, -0.2) is 11.7 Å². The topological polar surface area (TPSA) is 38.0 Å². The standard InChI is InChI=1S/C23H22N2O/c1-16-5-7-19(8-6-16)21(15-24)14-20-13-17(2)25(18(20)3)22-9-11-23(26-4)12-10-22/h5-14H,1-4H3/b21-14-. The Bertz CT molecular complexity index is 984. The number of methoxy groups -OCH3 is 1. The fraction of sp³-hybridized carbons (Fsp3) is 0.174. The summed E-state index contributed by atoms with van der Waals surface area (Å²) in [5, 5.41) is 9.61. The molecule has 0 unspecified atom stereocenters. The first-order chi connectivity index (χ1) is 12.5. The quantitative estimate of drug-likeness (QED) is 0.589. The van der Waals surface area contributed by atoms with Crippen molar-refractivity contribution < 1.29 is 4.74 Å². The molecule has 3 aromatic rings. The molecule has 0 atom stereocenters. The van der Waals surface area contributed by atoms with Gasteiger partial charge in [0, 0.05) is 17.1 Å². The summed E-state index contributed by atoms with van der Waals surface area (Å²) in [5.74, 6) is 0.836. The van der Waals surface area contributed by atoms with Crippen LogP contribution >= 0.6 is 0 Å². The third kappa shape index (κ3) is 3.41. The molecule has 0 saturated carbocycles. The molecule has 0 spiro atoms. The number of nitriles is 1. The third-order valence-corrected chi connectivity index (χ3v) is 4.58. The molecule has 0 radical (unpaired) electrons. The lowest BCUT2D eigenvalue weighted by Gasteiger charge is -2.10. The first kappa shape index (κ1) is 17.6. The second-order valence-electron chi connectivity index (χ2n) is 6.40. The van der Waals surface area contributed by atoms with Crippen molar-refractivity contribution in [3.8, 4) is 17.5 Å². The summed E-state index contributed by atoms with van der Waals surface area (Å²) in [6.45, 7) is 6.20. The van der Waals surface area contributed by atoms with Gasteiger partial charge in [0.15, 0.2) is 0 Å². The highest BCUT2D eigenvalue weighted by Gasteiger charge is 2.11. The van der Waals surface area contributed by atoms with E-state index in [0.29, 0.717) is 5.57 Å². The molecule has 130 valence electrons. The Hall–Kier alpha value is -3.25. The van der Waals surface area contributed by atoms with Crippen molar-refractivity contribution in [3.63, 3.8) is 0 Å². The van der Waals surface area contributed by atoms with Crippen molar-refractivity contribution in [3.05, 3.63) is 82.7 Å². The van der Waals surface area contributed by atoms with Gasteiger partial charge in [-0.3, -0.25) is 0 Å². The molecule has 1 heterocycles. The molecule has 3 heteroatoms. The number of nitrogens with zero attached hydrogens (tertiary/aromatic N) is 2. The Labute approximate surface area is 154 Å². The van der Waals surface area contributed by atoms with Gasteiger partial charge in [-0.2, -0.15) is 5.26 Å². The predicted molar refractivity (Wildman–Crippen MR) is 106 cm³/mol. The lowest BCUT2D eigenvalue weighted by atomic mass is 10.0. The van der Waals surface area contributed by atoms with Crippen LogP contribution in [0.2, 0.25) is 0 Å². The summed E-state index contributed by atoms with van der Waals surface area (Å²) in [6.07, 6.45) is 1.97. The molecule has 26 heavy (non-hydrogen) atoms. The van der Waals surface area contributed by atoms with Gasteiger partial charge in [-0.15, -0.1) is 0 Å². The highest BCUT2D eigenvalue weighted by atomic mass is 16.5. The Kier molecular flexibility index (Phi) is 4.95. The van der Waals surface area contributed by atoms with Crippen molar-refractivity contribution >= 4 is 11.6 Å². The Morgan fingerprint density at radius 3 is 2.23 bits per heavy atom. The average molecular weight is 342 g/mol. The minimum absolute atomic E-state index is 0.667. The van der Waals surface area contributed by atoms with E-state index >= 15 is 0 Å². The summed E-state index contributed by atoms with van der Waals surface area (Å²) in [4.78, 5) is 0. The number of ether oxygens (including phenoxy) is 1. The van der Waals surface area contributed by atoms with Crippen LogP contribution in [0, 0.1) is 32.1 Å². The fourth-order valence-corrected chi connectivity index (χ4v) is 3.13. The van der Waals surface area contributed by atoms with E-state index < -0.39 is 0 Å². The van der Waals surface area contributed by atoms with Crippen LogP contribution in [0.1, 0.15) is 28.1 Å². The summed E-state index contributed by atoms with van der Waals surface area (Å²) in [5.41, 5.74) is 7.15. The van der Waals surface area contributed by atoms with Crippen LogP contribution in [0.25, 0.3) is 17.3 Å². The normalized spacial score (nSPS) is 11.3. The highest BCUT2D eigenvalue weighted by Crippen LogP contribution is 2.26. The second-order valence-corrected chi connectivity index (χ2v) is 6.40. The van der Waals surface area contributed by atoms with Crippen LogP contribution in [0.4, 0.5) is 0 Å². The van der Waals surface area contributed by atoms with Crippen molar-refractivity contribution in [2.24, 2.45) is 0 Å². The molecule has 3 rings (SSSR count). The van der Waals surface area contributed by atoms with Gasteiger partial charge in [0.25, 0.3) is 0 Å². The minimum Gasteiger partial charge on any atom is -0.497 e. The van der Waals surface area contributed by atoms with Gasteiger partial charge in [0.1, 0.15) is 5.75 Å². The molecule has 0 amide bonds. The molecule has 0 aliphatic heterocycles. The van der Waals surface area contributed by atoms with E-state index in [0.717, 1.165) is 34.0 Å². The van der Waals surface area contributed by atoms with Gasteiger partial charge in [0.2, 0.25) is 0 Å². The van der Waals surface area contributed by atoms with Crippen LogP contribution in [0.3, 0.4) is 0 Å². The average Bonchev–Trinajstić information content (AvgIpc) is 2.94. The molecule has 0 bridgehead atoms. The van der Waals surface area contributed by atoms with E-state index in [2.05, 4.69) is 30.6 Å². The Morgan fingerprint density at radius 1 is 1.00 bits per heavy atom. The van der Waals surface area contributed by atoms with Gasteiger partial charge in [-0.1, -0.05) is 29.8 Å². The maximum absolute atomic E-state index is 9.61. The fourth-order valence-electron chi connectivity index (χ4n) is 3.13. The number of aryl methyl sites for hydroxylation is 2. The monoisotopic (exact) mass is 342 g/mol. The number of hydrogen-bond donors (Lipinski definition) is 0. The second kappa shape index (κ2) is 7.33. The highest BCUT2D eigenvalue weighted by molar-refractivity contribution is 5.90. The number of rotatable bonds is 4. The number of allylic oxidation sites excluding steroid dienone is 1. The third-order valence-electron chi connectivity index (χ3n) is 4.58. The first-order valence-electron chi connectivity index (χ1n) is 8.55. The minimum atomic E-state index is 0.667. The number of hydrogen-bond acceptors (Lipinski definition) is 2. The lowest BCUT2D eigenvalue weighted by Crippen LogP contribution is -1.99.